The minimum atomic E-state index is -0.358. The number of carbonyl (C=O) groups is 1. The third-order valence-electron chi connectivity index (χ3n) is 1.90. The van der Waals surface area contributed by atoms with E-state index in [9.17, 15) is 9.18 Å². The van der Waals surface area contributed by atoms with Gasteiger partial charge in [0.2, 0.25) is 0 Å². The van der Waals surface area contributed by atoms with Crippen molar-refractivity contribution in [3.05, 3.63) is 35.6 Å². The van der Waals surface area contributed by atoms with Crippen LogP contribution in [0, 0.1) is 5.82 Å². The van der Waals surface area contributed by atoms with Gasteiger partial charge in [0.15, 0.2) is 0 Å². The number of benzene rings is 1. The Kier molecular flexibility index (Phi) is 5.45. The first kappa shape index (κ1) is 12.6. The Morgan fingerprint density at radius 1 is 1.31 bits per heavy atom. The fourth-order valence-corrected chi connectivity index (χ4v) is 1.13. The standard InChI is InChI=1S/C11H15FN2O2/c12-10-3-1-9(2-4-10)11(15)14-6-8-16-7-5-13/h1-4H,5-8,13H2,(H,14,15). The van der Waals surface area contributed by atoms with Gasteiger partial charge in [-0.05, 0) is 24.3 Å². The molecule has 0 radical (unpaired) electrons. The number of nitrogens with two attached hydrogens (primary N) is 1. The lowest BCUT2D eigenvalue weighted by Gasteiger charge is -2.05. The van der Waals surface area contributed by atoms with Gasteiger partial charge in [0.25, 0.3) is 5.91 Å². The van der Waals surface area contributed by atoms with Crippen LogP contribution in [0.25, 0.3) is 0 Å². The lowest BCUT2D eigenvalue weighted by molar-refractivity contribution is 0.0920. The molecular formula is C11H15FN2O2. The number of rotatable bonds is 6. The Hall–Kier alpha value is -1.46. The predicted octanol–water partition coefficient (Wildman–Crippen LogP) is 0.531. The lowest BCUT2D eigenvalue weighted by atomic mass is 10.2. The van der Waals surface area contributed by atoms with E-state index in [4.69, 9.17) is 10.5 Å². The van der Waals surface area contributed by atoms with Gasteiger partial charge >= 0.3 is 0 Å². The Morgan fingerprint density at radius 2 is 2.00 bits per heavy atom. The van der Waals surface area contributed by atoms with Crippen molar-refractivity contribution in [2.45, 2.75) is 0 Å². The van der Waals surface area contributed by atoms with Crippen molar-refractivity contribution < 1.29 is 13.9 Å². The molecule has 1 aromatic rings. The maximum absolute atomic E-state index is 12.6. The SMILES string of the molecule is NCCOCCNC(=O)c1ccc(F)cc1. The molecule has 0 aliphatic heterocycles. The molecule has 0 saturated carbocycles. The maximum atomic E-state index is 12.6. The van der Waals surface area contributed by atoms with Crippen LogP contribution in [-0.2, 0) is 4.74 Å². The van der Waals surface area contributed by atoms with Crippen molar-refractivity contribution in [2.24, 2.45) is 5.73 Å². The monoisotopic (exact) mass is 226 g/mol. The second-order valence-electron chi connectivity index (χ2n) is 3.16. The summed E-state index contributed by atoms with van der Waals surface area (Å²) in [6, 6.07) is 5.37. The molecule has 5 heteroatoms. The van der Waals surface area contributed by atoms with E-state index >= 15 is 0 Å². The third-order valence-corrected chi connectivity index (χ3v) is 1.90. The molecule has 0 spiro atoms. The topological polar surface area (TPSA) is 64.3 Å². The van der Waals surface area contributed by atoms with E-state index < -0.39 is 0 Å². The van der Waals surface area contributed by atoms with Gasteiger partial charge in [0, 0.05) is 18.7 Å². The summed E-state index contributed by atoms with van der Waals surface area (Å²) in [6.07, 6.45) is 0. The van der Waals surface area contributed by atoms with Gasteiger partial charge in [-0.2, -0.15) is 0 Å². The summed E-state index contributed by atoms with van der Waals surface area (Å²) in [5, 5.41) is 2.65. The quantitative estimate of drug-likeness (QED) is 0.695. The van der Waals surface area contributed by atoms with E-state index in [1.807, 2.05) is 0 Å². The second kappa shape index (κ2) is 6.92. The smallest absolute Gasteiger partial charge is 0.251 e. The van der Waals surface area contributed by atoms with E-state index in [1.165, 1.54) is 24.3 Å². The van der Waals surface area contributed by atoms with Crippen LogP contribution in [0.3, 0.4) is 0 Å². The first-order valence-electron chi connectivity index (χ1n) is 5.05. The minimum absolute atomic E-state index is 0.239. The summed E-state index contributed by atoms with van der Waals surface area (Å²) in [4.78, 5) is 11.5. The fourth-order valence-electron chi connectivity index (χ4n) is 1.13. The number of amides is 1. The van der Waals surface area contributed by atoms with E-state index in [2.05, 4.69) is 5.32 Å². The first-order chi connectivity index (χ1) is 7.74. The van der Waals surface area contributed by atoms with Gasteiger partial charge in [0.1, 0.15) is 5.82 Å². The highest BCUT2D eigenvalue weighted by molar-refractivity contribution is 5.94. The molecule has 88 valence electrons. The summed E-state index contributed by atoms with van der Waals surface area (Å²) < 4.78 is 17.7. The van der Waals surface area contributed by atoms with E-state index in [1.54, 1.807) is 0 Å². The summed E-state index contributed by atoms with van der Waals surface area (Å²) in [7, 11) is 0. The molecule has 0 bridgehead atoms. The zero-order valence-corrected chi connectivity index (χ0v) is 8.91. The average Bonchev–Trinajstić information content (AvgIpc) is 2.29. The minimum Gasteiger partial charge on any atom is -0.378 e. The van der Waals surface area contributed by atoms with Crippen LogP contribution in [0.2, 0.25) is 0 Å². The number of ether oxygens (including phenoxy) is 1. The molecule has 0 heterocycles. The fraction of sp³-hybridized carbons (Fsp3) is 0.364. The van der Waals surface area contributed by atoms with Crippen molar-refractivity contribution in [3.63, 3.8) is 0 Å². The van der Waals surface area contributed by atoms with Gasteiger partial charge in [0.05, 0.1) is 13.2 Å². The zero-order chi connectivity index (χ0) is 11.8. The second-order valence-corrected chi connectivity index (χ2v) is 3.16. The molecule has 0 aromatic heterocycles. The predicted molar refractivity (Wildman–Crippen MR) is 58.6 cm³/mol. The van der Waals surface area contributed by atoms with Gasteiger partial charge in [-0.3, -0.25) is 4.79 Å². The van der Waals surface area contributed by atoms with Crippen LogP contribution in [-0.4, -0.2) is 32.2 Å². The molecule has 4 nitrogen and oxygen atoms in total. The molecule has 1 amide bonds. The molecule has 1 rings (SSSR count). The molecule has 0 atom stereocenters. The third kappa shape index (κ3) is 4.37. The van der Waals surface area contributed by atoms with Crippen molar-refractivity contribution in [1.82, 2.24) is 5.32 Å². The zero-order valence-electron chi connectivity index (χ0n) is 8.91. The van der Waals surface area contributed by atoms with Gasteiger partial charge < -0.3 is 15.8 Å². The molecule has 0 saturated heterocycles. The van der Waals surface area contributed by atoms with Gasteiger partial charge in [-0.25, -0.2) is 4.39 Å². The van der Waals surface area contributed by atoms with E-state index in [0.29, 0.717) is 31.9 Å². The van der Waals surface area contributed by atoms with Crippen LogP contribution in [0.4, 0.5) is 4.39 Å². The van der Waals surface area contributed by atoms with Crippen molar-refractivity contribution in [2.75, 3.05) is 26.3 Å². The molecule has 0 fully saturated rings. The van der Waals surface area contributed by atoms with E-state index in [0.717, 1.165) is 0 Å². The van der Waals surface area contributed by atoms with Crippen LogP contribution in [0.1, 0.15) is 10.4 Å². The van der Waals surface area contributed by atoms with Gasteiger partial charge in [-0.1, -0.05) is 0 Å². The lowest BCUT2D eigenvalue weighted by Crippen LogP contribution is -2.27. The number of hydrogen-bond acceptors (Lipinski definition) is 3. The number of carbonyl (C=O) groups excluding carboxylic acids is 1. The molecule has 1 aromatic carbocycles. The van der Waals surface area contributed by atoms with Crippen molar-refractivity contribution in [3.8, 4) is 0 Å². The average molecular weight is 226 g/mol. The van der Waals surface area contributed by atoms with Crippen LogP contribution in [0.5, 0.6) is 0 Å². The largest absolute Gasteiger partial charge is 0.378 e. The van der Waals surface area contributed by atoms with Gasteiger partial charge in [-0.15, -0.1) is 0 Å². The highest BCUT2D eigenvalue weighted by atomic mass is 19.1. The van der Waals surface area contributed by atoms with Crippen LogP contribution < -0.4 is 11.1 Å². The van der Waals surface area contributed by atoms with Crippen molar-refractivity contribution in [1.29, 1.82) is 0 Å². The highest BCUT2D eigenvalue weighted by Gasteiger charge is 2.03. The molecule has 3 N–H and O–H groups in total. The summed E-state index contributed by atoms with van der Waals surface area (Å²) in [5.74, 6) is -0.598. The van der Waals surface area contributed by atoms with Crippen molar-refractivity contribution >= 4 is 5.91 Å². The summed E-state index contributed by atoms with van der Waals surface area (Å²) in [6.45, 7) is 1.78. The molecule has 0 aliphatic carbocycles. The van der Waals surface area contributed by atoms with Crippen LogP contribution >= 0.6 is 0 Å². The molecule has 0 unspecified atom stereocenters. The number of nitrogens with one attached hydrogen (secondary N) is 1. The normalized spacial score (nSPS) is 10.1. The summed E-state index contributed by atoms with van der Waals surface area (Å²) in [5.41, 5.74) is 5.66. The molecular weight excluding hydrogens is 211 g/mol. The van der Waals surface area contributed by atoms with E-state index in [-0.39, 0.29) is 11.7 Å². The highest BCUT2D eigenvalue weighted by Crippen LogP contribution is 2.01. The maximum Gasteiger partial charge on any atom is 0.251 e. The first-order valence-corrected chi connectivity index (χ1v) is 5.05. The number of halogens is 1. The summed E-state index contributed by atoms with van der Waals surface area (Å²) >= 11 is 0. The Labute approximate surface area is 93.6 Å². The molecule has 16 heavy (non-hydrogen) atoms. The Bertz CT molecular complexity index is 327. The van der Waals surface area contributed by atoms with Crippen LogP contribution in [0.15, 0.2) is 24.3 Å². The molecule has 0 aliphatic rings. The number of hydrogen-bond donors (Lipinski definition) is 2. The Morgan fingerprint density at radius 3 is 2.62 bits per heavy atom. The Balaban J connectivity index is 2.27.